The van der Waals surface area contributed by atoms with E-state index in [1.165, 1.54) is 55.8 Å². The second-order valence-electron chi connectivity index (χ2n) is 5.15. The maximum absolute atomic E-state index is 14.3. The first-order valence-corrected chi connectivity index (χ1v) is 7.78. The van der Waals surface area contributed by atoms with E-state index in [1.807, 2.05) is 0 Å². The van der Waals surface area contributed by atoms with Gasteiger partial charge in [-0.15, -0.1) is 0 Å². The van der Waals surface area contributed by atoms with Crippen molar-refractivity contribution in [2.45, 2.75) is 0 Å². The first-order chi connectivity index (χ1) is 12.5. The zero-order chi connectivity index (χ0) is 18.7. The summed E-state index contributed by atoms with van der Waals surface area (Å²) in [7, 11) is 2.89. The smallest absolute Gasteiger partial charge is 0.255 e. The summed E-state index contributed by atoms with van der Waals surface area (Å²) in [5.74, 6) is -0.383. The normalized spacial score (nSPS) is 10.5. The molecule has 0 saturated carbocycles. The fourth-order valence-electron chi connectivity index (χ4n) is 2.36. The largest absolute Gasteiger partial charge is 0.493 e. The lowest BCUT2D eigenvalue weighted by molar-refractivity contribution is 0.102. The second-order valence-corrected chi connectivity index (χ2v) is 5.56. The van der Waals surface area contributed by atoms with Crippen LogP contribution < -0.4 is 14.8 Å². The van der Waals surface area contributed by atoms with Crippen LogP contribution in [0, 0.1) is 5.82 Å². The Balaban J connectivity index is 1.84. The first-order valence-electron chi connectivity index (χ1n) is 7.41. The van der Waals surface area contributed by atoms with Crippen LogP contribution >= 0.6 is 11.6 Å². The van der Waals surface area contributed by atoms with Gasteiger partial charge in [0.25, 0.3) is 5.91 Å². The molecule has 1 amide bonds. The highest BCUT2D eigenvalue weighted by Gasteiger charge is 2.16. The van der Waals surface area contributed by atoms with Gasteiger partial charge in [-0.25, -0.2) is 14.1 Å². The Morgan fingerprint density at radius 2 is 2.04 bits per heavy atom. The molecule has 1 heterocycles. The number of aromatic nitrogens is 3. The number of hydrogen-bond donors (Lipinski definition) is 1. The third-order valence-electron chi connectivity index (χ3n) is 3.57. The number of anilines is 1. The van der Waals surface area contributed by atoms with Crippen molar-refractivity contribution < 1.29 is 18.7 Å². The monoisotopic (exact) mass is 376 g/mol. The minimum Gasteiger partial charge on any atom is -0.493 e. The number of halogens is 2. The van der Waals surface area contributed by atoms with Crippen molar-refractivity contribution in [3.8, 4) is 17.2 Å². The SMILES string of the molecule is COc1cc(C(=O)Nc2ccc(-n3cncn3)c(F)c2)cc(Cl)c1OC. The molecule has 3 rings (SSSR count). The zero-order valence-electron chi connectivity index (χ0n) is 13.9. The average molecular weight is 377 g/mol. The predicted octanol–water partition coefficient (Wildman–Crippen LogP) is 3.33. The lowest BCUT2D eigenvalue weighted by atomic mass is 10.1. The van der Waals surface area contributed by atoms with E-state index < -0.39 is 11.7 Å². The molecule has 0 saturated heterocycles. The van der Waals surface area contributed by atoms with Gasteiger partial charge in [0.2, 0.25) is 0 Å². The molecule has 7 nitrogen and oxygen atoms in total. The molecule has 0 unspecified atom stereocenters. The van der Waals surface area contributed by atoms with E-state index in [1.54, 1.807) is 6.07 Å². The summed E-state index contributed by atoms with van der Waals surface area (Å²) < 4.78 is 25.8. The highest BCUT2D eigenvalue weighted by Crippen LogP contribution is 2.36. The van der Waals surface area contributed by atoms with Crippen molar-refractivity contribution in [1.29, 1.82) is 0 Å². The number of nitrogens with one attached hydrogen (secondary N) is 1. The number of benzene rings is 2. The first kappa shape index (κ1) is 17.7. The fourth-order valence-corrected chi connectivity index (χ4v) is 2.64. The van der Waals surface area contributed by atoms with Crippen LogP contribution in [0.25, 0.3) is 5.69 Å². The summed E-state index contributed by atoms with van der Waals surface area (Å²) in [4.78, 5) is 16.2. The van der Waals surface area contributed by atoms with Gasteiger partial charge in [0.05, 0.1) is 19.2 Å². The van der Waals surface area contributed by atoms with Crippen LogP contribution in [0.5, 0.6) is 11.5 Å². The van der Waals surface area contributed by atoms with Crippen LogP contribution in [0.15, 0.2) is 43.0 Å². The number of amides is 1. The van der Waals surface area contributed by atoms with Gasteiger partial charge < -0.3 is 14.8 Å². The quantitative estimate of drug-likeness (QED) is 0.739. The van der Waals surface area contributed by atoms with Gasteiger partial charge in [-0.05, 0) is 30.3 Å². The van der Waals surface area contributed by atoms with E-state index in [-0.39, 0.29) is 22.0 Å². The minimum atomic E-state index is -0.557. The molecule has 1 aromatic heterocycles. The van der Waals surface area contributed by atoms with Crippen molar-refractivity contribution in [3.05, 3.63) is 59.4 Å². The summed E-state index contributed by atoms with van der Waals surface area (Å²) in [6.07, 6.45) is 2.68. The second kappa shape index (κ2) is 7.40. The maximum atomic E-state index is 14.3. The summed E-state index contributed by atoms with van der Waals surface area (Å²) in [6.45, 7) is 0. The molecule has 9 heteroatoms. The van der Waals surface area contributed by atoms with Crippen LogP contribution in [-0.4, -0.2) is 34.9 Å². The van der Waals surface area contributed by atoms with E-state index in [0.717, 1.165) is 0 Å². The number of hydrogen-bond acceptors (Lipinski definition) is 5. The molecular weight excluding hydrogens is 363 g/mol. The molecule has 0 atom stereocenters. The number of nitrogens with zero attached hydrogens (tertiary/aromatic N) is 3. The van der Waals surface area contributed by atoms with Gasteiger partial charge in [-0.3, -0.25) is 4.79 Å². The van der Waals surface area contributed by atoms with E-state index in [2.05, 4.69) is 15.4 Å². The Hall–Kier alpha value is -3.13. The molecule has 0 aliphatic heterocycles. The predicted molar refractivity (Wildman–Crippen MR) is 93.8 cm³/mol. The summed E-state index contributed by atoms with van der Waals surface area (Å²) in [6, 6.07) is 7.16. The minimum absolute atomic E-state index is 0.217. The highest BCUT2D eigenvalue weighted by atomic mass is 35.5. The van der Waals surface area contributed by atoms with E-state index in [9.17, 15) is 9.18 Å². The van der Waals surface area contributed by atoms with Crippen LogP contribution in [0.4, 0.5) is 10.1 Å². The van der Waals surface area contributed by atoms with Gasteiger partial charge in [-0.2, -0.15) is 5.10 Å². The molecule has 1 N–H and O–H groups in total. The molecule has 2 aromatic carbocycles. The molecule has 0 spiro atoms. The third kappa shape index (κ3) is 3.45. The van der Waals surface area contributed by atoms with Gasteiger partial charge in [0, 0.05) is 11.3 Å². The number of ether oxygens (including phenoxy) is 2. The number of rotatable bonds is 5. The van der Waals surface area contributed by atoms with Gasteiger partial charge >= 0.3 is 0 Å². The molecule has 26 heavy (non-hydrogen) atoms. The summed E-state index contributed by atoms with van der Waals surface area (Å²) >= 11 is 6.10. The standard InChI is InChI=1S/C17H14ClFN4O3/c1-25-15-6-10(5-12(18)16(15)26-2)17(24)22-11-3-4-14(13(19)7-11)23-9-20-8-21-23/h3-9H,1-2H3,(H,22,24). The Morgan fingerprint density at radius 3 is 2.65 bits per heavy atom. The van der Waals surface area contributed by atoms with Crippen molar-refractivity contribution in [2.24, 2.45) is 0 Å². The Labute approximate surface area is 153 Å². The van der Waals surface area contributed by atoms with Crippen LogP contribution in [-0.2, 0) is 0 Å². The fraction of sp³-hybridized carbons (Fsp3) is 0.118. The topological polar surface area (TPSA) is 78.3 Å². The van der Waals surface area contributed by atoms with Gasteiger partial charge in [0.15, 0.2) is 17.3 Å². The molecule has 0 aliphatic carbocycles. The van der Waals surface area contributed by atoms with E-state index in [4.69, 9.17) is 21.1 Å². The lowest BCUT2D eigenvalue weighted by Crippen LogP contribution is -2.13. The van der Waals surface area contributed by atoms with Crippen molar-refractivity contribution in [3.63, 3.8) is 0 Å². The van der Waals surface area contributed by atoms with Gasteiger partial charge in [-0.1, -0.05) is 11.6 Å². The summed E-state index contributed by atoms with van der Waals surface area (Å²) in [5, 5.41) is 6.70. The molecule has 134 valence electrons. The molecular formula is C17H14ClFN4O3. The number of carbonyl (C=O) groups is 1. The Kier molecular flexibility index (Phi) is 5.04. The van der Waals surface area contributed by atoms with E-state index in [0.29, 0.717) is 11.5 Å². The van der Waals surface area contributed by atoms with Crippen molar-refractivity contribution >= 4 is 23.2 Å². The molecule has 0 aliphatic rings. The number of carbonyl (C=O) groups excluding carboxylic acids is 1. The average Bonchev–Trinajstić information content (AvgIpc) is 3.15. The molecule has 0 radical (unpaired) electrons. The highest BCUT2D eigenvalue weighted by molar-refractivity contribution is 6.32. The van der Waals surface area contributed by atoms with Crippen molar-refractivity contribution in [1.82, 2.24) is 14.8 Å². The van der Waals surface area contributed by atoms with Crippen LogP contribution in [0.3, 0.4) is 0 Å². The number of methoxy groups -OCH3 is 2. The van der Waals surface area contributed by atoms with Crippen molar-refractivity contribution in [2.75, 3.05) is 19.5 Å². The Morgan fingerprint density at radius 1 is 1.23 bits per heavy atom. The molecule has 0 bridgehead atoms. The zero-order valence-corrected chi connectivity index (χ0v) is 14.6. The van der Waals surface area contributed by atoms with Crippen LogP contribution in [0.1, 0.15) is 10.4 Å². The Bertz CT molecular complexity index is 947. The molecule has 3 aromatic rings. The van der Waals surface area contributed by atoms with E-state index >= 15 is 0 Å². The third-order valence-corrected chi connectivity index (χ3v) is 3.85. The molecule has 0 fully saturated rings. The van der Waals surface area contributed by atoms with Gasteiger partial charge in [0.1, 0.15) is 18.3 Å². The summed E-state index contributed by atoms with van der Waals surface area (Å²) in [5.41, 5.74) is 0.741. The maximum Gasteiger partial charge on any atom is 0.255 e. The lowest BCUT2D eigenvalue weighted by Gasteiger charge is -2.12. The van der Waals surface area contributed by atoms with Crippen LogP contribution in [0.2, 0.25) is 5.02 Å².